The van der Waals surface area contributed by atoms with E-state index in [0.717, 1.165) is 32.5 Å². The van der Waals surface area contributed by atoms with Crippen LogP contribution in [0.5, 0.6) is 0 Å². The van der Waals surface area contributed by atoms with Crippen LogP contribution in [0.4, 0.5) is 0 Å². The summed E-state index contributed by atoms with van der Waals surface area (Å²) < 4.78 is 5.20. The zero-order chi connectivity index (χ0) is 13.0. The van der Waals surface area contributed by atoms with Gasteiger partial charge in [-0.25, -0.2) is 0 Å². The van der Waals surface area contributed by atoms with Crippen LogP contribution in [0.25, 0.3) is 0 Å². The first-order chi connectivity index (χ1) is 8.65. The van der Waals surface area contributed by atoms with Gasteiger partial charge < -0.3 is 15.0 Å². The number of nitrogens with zero attached hydrogens (tertiary/aromatic N) is 1. The fourth-order valence-corrected chi connectivity index (χ4v) is 2.80. The van der Waals surface area contributed by atoms with Crippen LogP contribution in [0.3, 0.4) is 0 Å². The van der Waals surface area contributed by atoms with Crippen LogP contribution in [0.1, 0.15) is 32.6 Å². The van der Waals surface area contributed by atoms with Crippen LogP contribution in [0.2, 0.25) is 0 Å². The highest BCUT2D eigenvalue weighted by atomic mass is 16.5. The first kappa shape index (κ1) is 13.3. The van der Waals surface area contributed by atoms with Crippen molar-refractivity contribution in [3.8, 4) is 0 Å². The molecule has 0 bridgehead atoms. The van der Waals surface area contributed by atoms with Crippen molar-refractivity contribution in [2.24, 2.45) is 5.41 Å². The van der Waals surface area contributed by atoms with E-state index in [9.17, 15) is 9.59 Å². The first-order valence-electron chi connectivity index (χ1n) is 6.77. The lowest BCUT2D eigenvalue weighted by Gasteiger charge is -2.38. The van der Waals surface area contributed by atoms with Crippen molar-refractivity contribution in [3.63, 3.8) is 0 Å². The molecule has 2 heterocycles. The fraction of sp³-hybridized carbons (Fsp3) is 0.846. The minimum Gasteiger partial charge on any atom is -0.381 e. The number of hydrogen-bond acceptors (Lipinski definition) is 3. The zero-order valence-electron chi connectivity index (χ0n) is 11.0. The van der Waals surface area contributed by atoms with Gasteiger partial charge in [-0.15, -0.1) is 0 Å². The van der Waals surface area contributed by atoms with E-state index in [1.165, 1.54) is 0 Å². The number of ether oxygens (including phenoxy) is 1. The van der Waals surface area contributed by atoms with Gasteiger partial charge in [0.05, 0.1) is 13.0 Å². The molecule has 0 aliphatic carbocycles. The molecule has 2 amide bonds. The number of piperidine rings is 1. The molecule has 1 spiro atoms. The third-order valence-electron chi connectivity index (χ3n) is 4.04. The predicted molar refractivity (Wildman–Crippen MR) is 67.0 cm³/mol. The van der Waals surface area contributed by atoms with Gasteiger partial charge in [0.2, 0.25) is 11.8 Å². The normalized spacial score (nSPS) is 22.3. The van der Waals surface area contributed by atoms with Crippen LogP contribution in [0.15, 0.2) is 0 Å². The van der Waals surface area contributed by atoms with Crippen LogP contribution in [0, 0.1) is 5.41 Å². The second kappa shape index (κ2) is 5.69. The molecule has 0 aromatic heterocycles. The van der Waals surface area contributed by atoms with E-state index in [1.54, 1.807) is 0 Å². The molecular weight excluding hydrogens is 232 g/mol. The molecule has 2 saturated heterocycles. The maximum Gasteiger partial charge on any atom is 0.224 e. The Balaban J connectivity index is 1.76. The van der Waals surface area contributed by atoms with Crippen LogP contribution >= 0.6 is 0 Å². The maximum absolute atomic E-state index is 11.9. The fourth-order valence-electron chi connectivity index (χ4n) is 2.80. The topological polar surface area (TPSA) is 58.6 Å². The Kier molecular flexibility index (Phi) is 4.22. The minimum atomic E-state index is 0.119. The summed E-state index contributed by atoms with van der Waals surface area (Å²) in [6.07, 6.45) is 2.98. The van der Waals surface area contributed by atoms with Gasteiger partial charge in [-0.1, -0.05) is 0 Å². The molecule has 0 saturated carbocycles. The van der Waals surface area contributed by atoms with E-state index >= 15 is 0 Å². The predicted octanol–water partition coefficient (Wildman–Crippen LogP) is 0.542. The molecule has 0 aromatic rings. The highest BCUT2D eigenvalue weighted by molar-refractivity contribution is 5.79. The summed E-state index contributed by atoms with van der Waals surface area (Å²) in [4.78, 5) is 25.1. The highest BCUT2D eigenvalue weighted by Crippen LogP contribution is 2.37. The number of hydrogen-bond donors (Lipinski definition) is 1. The largest absolute Gasteiger partial charge is 0.381 e. The molecule has 5 heteroatoms. The van der Waals surface area contributed by atoms with E-state index < -0.39 is 0 Å². The molecule has 2 rings (SSSR count). The number of carbonyl (C=O) groups is 2. The summed E-state index contributed by atoms with van der Waals surface area (Å²) in [5.41, 5.74) is 0.119. The van der Waals surface area contributed by atoms with Gasteiger partial charge in [0.25, 0.3) is 0 Å². The van der Waals surface area contributed by atoms with E-state index in [0.29, 0.717) is 26.1 Å². The first-order valence-corrected chi connectivity index (χ1v) is 6.77. The van der Waals surface area contributed by atoms with E-state index in [4.69, 9.17) is 4.74 Å². The molecule has 0 radical (unpaired) electrons. The zero-order valence-corrected chi connectivity index (χ0v) is 11.0. The van der Waals surface area contributed by atoms with Gasteiger partial charge in [0.1, 0.15) is 0 Å². The lowest BCUT2D eigenvalue weighted by Crippen LogP contribution is -2.44. The number of likely N-dealkylation sites (tertiary alicyclic amines) is 1. The van der Waals surface area contributed by atoms with Crippen molar-refractivity contribution in [1.82, 2.24) is 10.2 Å². The molecule has 0 atom stereocenters. The minimum absolute atomic E-state index is 0.119. The van der Waals surface area contributed by atoms with E-state index in [-0.39, 0.29) is 17.2 Å². The second-order valence-corrected chi connectivity index (χ2v) is 5.28. The standard InChI is InChI=1S/C13H22N2O3/c1-2-18-8-3-12(17)15-6-4-13(5-7-15)9-11(16)14-10-13/h2-10H2,1H3,(H,14,16). The molecule has 0 unspecified atom stereocenters. The molecular formula is C13H22N2O3. The summed E-state index contributed by atoms with van der Waals surface area (Å²) in [6.45, 7) is 5.44. The maximum atomic E-state index is 11.9. The van der Waals surface area contributed by atoms with E-state index in [2.05, 4.69) is 5.32 Å². The van der Waals surface area contributed by atoms with Crippen LogP contribution in [-0.4, -0.2) is 49.6 Å². The van der Waals surface area contributed by atoms with Gasteiger partial charge in [0.15, 0.2) is 0 Å². The molecule has 5 nitrogen and oxygen atoms in total. The average molecular weight is 254 g/mol. The Bertz CT molecular complexity index is 322. The quantitative estimate of drug-likeness (QED) is 0.745. The Morgan fingerprint density at radius 1 is 1.44 bits per heavy atom. The lowest BCUT2D eigenvalue weighted by atomic mass is 9.77. The number of nitrogens with one attached hydrogen (secondary N) is 1. The van der Waals surface area contributed by atoms with Crippen LogP contribution < -0.4 is 5.32 Å². The van der Waals surface area contributed by atoms with Gasteiger partial charge in [-0.3, -0.25) is 9.59 Å². The Morgan fingerprint density at radius 3 is 2.72 bits per heavy atom. The van der Waals surface area contributed by atoms with E-state index in [1.807, 2.05) is 11.8 Å². The van der Waals surface area contributed by atoms with Crippen molar-refractivity contribution in [2.45, 2.75) is 32.6 Å². The molecule has 2 aliphatic heterocycles. The van der Waals surface area contributed by atoms with Gasteiger partial charge in [0, 0.05) is 32.7 Å². The molecule has 18 heavy (non-hydrogen) atoms. The average Bonchev–Trinajstić information content (AvgIpc) is 2.72. The lowest BCUT2D eigenvalue weighted by molar-refractivity contribution is -0.134. The molecule has 102 valence electrons. The Morgan fingerprint density at radius 2 is 2.17 bits per heavy atom. The Labute approximate surface area is 108 Å². The highest BCUT2D eigenvalue weighted by Gasteiger charge is 2.41. The summed E-state index contributed by atoms with van der Waals surface area (Å²) >= 11 is 0. The molecule has 0 aromatic carbocycles. The summed E-state index contributed by atoms with van der Waals surface area (Å²) in [6, 6.07) is 0. The molecule has 2 fully saturated rings. The van der Waals surface area contributed by atoms with Crippen molar-refractivity contribution >= 4 is 11.8 Å². The van der Waals surface area contributed by atoms with Crippen molar-refractivity contribution in [2.75, 3.05) is 32.8 Å². The number of rotatable bonds is 4. The summed E-state index contributed by atoms with van der Waals surface area (Å²) in [7, 11) is 0. The second-order valence-electron chi connectivity index (χ2n) is 5.28. The molecule has 2 aliphatic rings. The Hall–Kier alpha value is -1.10. The third-order valence-corrected chi connectivity index (χ3v) is 4.04. The van der Waals surface area contributed by atoms with Crippen LogP contribution in [-0.2, 0) is 14.3 Å². The number of carbonyl (C=O) groups excluding carboxylic acids is 2. The van der Waals surface area contributed by atoms with Crippen molar-refractivity contribution in [1.29, 1.82) is 0 Å². The third kappa shape index (κ3) is 3.02. The smallest absolute Gasteiger partial charge is 0.224 e. The van der Waals surface area contributed by atoms with Crippen molar-refractivity contribution < 1.29 is 14.3 Å². The number of amides is 2. The van der Waals surface area contributed by atoms with Gasteiger partial charge in [-0.05, 0) is 25.2 Å². The molecule has 1 N–H and O–H groups in total. The summed E-state index contributed by atoms with van der Waals surface area (Å²) in [5.74, 6) is 0.335. The SMILES string of the molecule is CCOCCC(=O)N1CCC2(CC1)CNC(=O)C2. The summed E-state index contributed by atoms with van der Waals surface area (Å²) in [5, 5.41) is 2.90. The van der Waals surface area contributed by atoms with Gasteiger partial charge in [-0.2, -0.15) is 0 Å². The van der Waals surface area contributed by atoms with Gasteiger partial charge >= 0.3 is 0 Å². The van der Waals surface area contributed by atoms with Crippen molar-refractivity contribution in [3.05, 3.63) is 0 Å². The monoisotopic (exact) mass is 254 g/mol.